The Morgan fingerprint density at radius 2 is 2.16 bits per heavy atom. The number of benzene rings is 1. The Bertz CT molecular complexity index is 444. The van der Waals surface area contributed by atoms with E-state index in [-0.39, 0.29) is 16.9 Å². The Hall–Kier alpha value is -0.600. The van der Waals surface area contributed by atoms with Crippen molar-refractivity contribution in [2.45, 2.75) is 58.5 Å². The zero-order valence-corrected chi connectivity index (χ0v) is 12.7. The zero-order chi connectivity index (χ0) is 14.0. The molecule has 19 heavy (non-hydrogen) atoms. The second-order valence-corrected chi connectivity index (χ2v) is 6.93. The molecule has 2 unspecified atom stereocenters. The predicted octanol–water partition coefficient (Wildman–Crippen LogP) is 5.10. The minimum atomic E-state index is -0.351. The first-order chi connectivity index (χ1) is 8.87. The van der Waals surface area contributed by atoms with E-state index in [0.717, 1.165) is 5.56 Å². The summed E-state index contributed by atoms with van der Waals surface area (Å²) < 4.78 is 13.2. The van der Waals surface area contributed by atoms with Crippen molar-refractivity contribution in [3.63, 3.8) is 0 Å². The minimum absolute atomic E-state index is 0.204. The lowest BCUT2D eigenvalue weighted by Crippen LogP contribution is -2.38. The van der Waals surface area contributed by atoms with E-state index in [9.17, 15) is 4.39 Å². The third-order valence-electron chi connectivity index (χ3n) is 4.13. The van der Waals surface area contributed by atoms with Gasteiger partial charge in [0.05, 0.1) is 5.02 Å². The lowest BCUT2D eigenvalue weighted by molar-refractivity contribution is 0.191. The van der Waals surface area contributed by atoms with Crippen LogP contribution in [0.4, 0.5) is 4.39 Å². The molecule has 1 aromatic rings. The number of halogens is 2. The van der Waals surface area contributed by atoms with Gasteiger partial charge in [-0.1, -0.05) is 37.9 Å². The van der Waals surface area contributed by atoms with Crippen molar-refractivity contribution in [2.75, 3.05) is 0 Å². The summed E-state index contributed by atoms with van der Waals surface area (Å²) in [6.45, 7) is 6.78. The van der Waals surface area contributed by atoms with Crippen LogP contribution in [-0.2, 0) is 0 Å². The molecule has 0 radical (unpaired) electrons. The van der Waals surface area contributed by atoms with Crippen molar-refractivity contribution in [3.8, 4) is 0 Å². The molecular weight excluding hydrogens is 261 g/mol. The van der Waals surface area contributed by atoms with Crippen LogP contribution in [0.3, 0.4) is 0 Å². The van der Waals surface area contributed by atoms with Gasteiger partial charge in [-0.2, -0.15) is 0 Å². The molecule has 1 N–H and O–H groups in total. The van der Waals surface area contributed by atoms with Crippen molar-refractivity contribution in [1.29, 1.82) is 0 Å². The number of hydrogen-bond acceptors (Lipinski definition) is 1. The van der Waals surface area contributed by atoms with Crippen LogP contribution in [0.1, 0.15) is 58.1 Å². The van der Waals surface area contributed by atoms with Crippen LogP contribution in [0.2, 0.25) is 5.02 Å². The molecule has 0 aromatic heterocycles. The van der Waals surface area contributed by atoms with E-state index in [0.29, 0.717) is 11.5 Å². The molecular formula is C16H23ClFN. The van der Waals surface area contributed by atoms with Crippen molar-refractivity contribution >= 4 is 11.6 Å². The van der Waals surface area contributed by atoms with Gasteiger partial charge in [0.25, 0.3) is 0 Å². The third kappa shape index (κ3) is 3.93. The average molecular weight is 284 g/mol. The van der Waals surface area contributed by atoms with Crippen molar-refractivity contribution in [3.05, 3.63) is 34.6 Å². The van der Waals surface area contributed by atoms with Gasteiger partial charge in [-0.3, -0.25) is 0 Å². The standard InChI is InChI=1S/C16H23ClFN/c1-11(12-6-7-15(18)14(17)9-12)19-13-5-4-8-16(2,3)10-13/h6-7,9,11,13,19H,4-5,8,10H2,1-3H3. The van der Waals surface area contributed by atoms with Crippen LogP contribution < -0.4 is 5.32 Å². The molecule has 1 saturated carbocycles. The summed E-state index contributed by atoms with van der Waals surface area (Å²) in [5, 5.41) is 3.86. The van der Waals surface area contributed by atoms with E-state index >= 15 is 0 Å². The van der Waals surface area contributed by atoms with E-state index in [1.807, 2.05) is 6.07 Å². The van der Waals surface area contributed by atoms with Crippen LogP contribution in [-0.4, -0.2) is 6.04 Å². The number of rotatable bonds is 3. The molecule has 0 saturated heterocycles. The minimum Gasteiger partial charge on any atom is -0.307 e. The Kier molecular flexibility index (Phi) is 4.52. The highest BCUT2D eigenvalue weighted by Gasteiger charge is 2.28. The Balaban J connectivity index is 2.00. The molecule has 0 bridgehead atoms. The normalized spacial score (nSPS) is 24.2. The second-order valence-electron chi connectivity index (χ2n) is 6.52. The largest absolute Gasteiger partial charge is 0.307 e. The molecule has 2 atom stereocenters. The van der Waals surface area contributed by atoms with Gasteiger partial charge in [0.15, 0.2) is 0 Å². The Morgan fingerprint density at radius 1 is 1.42 bits per heavy atom. The van der Waals surface area contributed by atoms with Crippen LogP contribution in [0.5, 0.6) is 0 Å². The van der Waals surface area contributed by atoms with Gasteiger partial charge in [-0.25, -0.2) is 4.39 Å². The van der Waals surface area contributed by atoms with Gasteiger partial charge < -0.3 is 5.32 Å². The van der Waals surface area contributed by atoms with E-state index in [4.69, 9.17) is 11.6 Å². The number of nitrogens with one attached hydrogen (secondary N) is 1. The van der Waals surface area contributed by atoms with E-state index in [1.54, 1.807) is 6.07 Å². The Labute approximate surface area is 120 Å². The van der Waals surface area contributed by atoms with Gasteiger partial charge in [0.1, 0.15) is 5.82 Å². The summed E-state index contributed by atoms with van der Waals surface area (Å²) in [6.07, 6.45) is 5.01. The van der Waals surface area contributed by atoms with Gasteiger partial charge in [-0.05, 0) is 49.3 Å². The third-order valence-corrected chi connectivity index (χ3v) is 4.42. The summed E-state index contributed by atoms with van der Waals surface area (Å²) in [5.74, 6) is -0.351. The molecule has 1 nitrogen and oxygen atoms in total. The maximum absolute atomic E-state index is 13.2. The first-order valence-electron chi connectivity index (χ1n) is 7.08. The molecule has 3 heteroatoms. The van der Waals surface area contributed by atoms with Gasteiger partial charge in [0, 0.05) is 12.1 Å². The zero-order valence-electron chi connectivity index (χ0n) is 12.0. The van der Waals surface area contributed by atoms with E-state index in [2.05, 4.69) is 26.1 Å². The summed E-state index contributed by atoms with van der Waals surface area (Å²) in [7, 11) is 0. The highest BCUT2D eigenvalue weighted by Crippen LogP contribution is 2.36. The maximum Gasteiger partial charge on any atom is 0.141 e. The Morgan fingerprint density at radius 3 is 2.79 bits per heavy atom. The summed E-state index contributed by atoms with van der Waals surface area (Å²) in [4.78, 5) is 0. The first kappa shape index (κ1) is 14.8. The molecule has 1 aliphatic rings. The topological polar surface area (TPSA) is 12.0 Å². The number of hydrogen-bond donors (Lipinski definition) is 1. The van der Waals surface area contributed by atoms with Crippen LogP contribution in [0.15, 0.2) is 18.2 Å². The van der Waals surface area contributed by atoms with Crippen molar-refractivity contribution < 1.29 is 4.39 Å². The van der Waals surface area contributed by atoms with Crippen molar-refractivity contribution in [2.24, 2.45) is 5.41 Å². The monoisotopic (exact) mass is 283 g/mol. The smallest absolute Gasteiger partial charge is 0.141 e. The van der Waals surface area contributed by atoms with Crippen LogP contribution in [0.25, 0.3) is 0 Å². The van der Waals surface area contributed by atoms with Crippen LogP contribution in [0, 0.1) is 11.2 Å². The second kappa shape index (κ2) is 5.80. The molecule has 2 rings (SSSR count). The SMILES string of the molecule is CC(NC1CCCC(C)(C)C1)c1ccc(F)c(Cl)c1. The summed E-state index contributed by atoms with van der Waals surface area (Å²) >= 11 is 5.84. The summed E-state index contributed by atoms with van der Waals surface area (Å²) in [6, 6.07) is 5.73. The molecule has 0 heterocycles. The van der Waals surface area contributed by atoms with E-state index in [1.165, 1.54) is 31.7 Å². The maximum atomic E-state index is 13.2. The predicted molar refractivity (Wildman–Crippen MR) is 79.0 cm³/mol. The molecule has 0 spiro atoms. The van der Waals surface area contributed by atoms with Crippen molar-refractivity contribution in [1.82, 2.24) is 5.32 Å². The van der Waals surface area contributed by atoms with Gasteiger partial charge >= 0.3 is 0 Å². The summed E-state index contributed by atoms with van der Waals surface area (Å²) in [5.41, 5.74) is 1.48. The molecule has 1 aliphatic carbocycles. The molecule has 1 aromatic carbocycles. The molecule has 0 aliphatic heterocycles. The highest BCUT2D eigenvalue weighted by atomic mass is 35.5. The van der Waals surface area contributed by atoms with Gasteiger partial charge in [-0.15, -0.1) is 0 Å². The van der Waals surface area contributed by atoms with Gasteiger partial charge in [0.2, 0.25) is 0 Å². The lowest BCUT2D eigenvalue weighted by Gasteiger charge is -2.37. The fraction of sp³-hybridized carbons (Fsp3) is 0.625. The fourth-order valence-corrected chi connectivity index (χ4v) is 3.26. The molecule has 0 amide bonds. The first-order valence-corrected chi connectivity index (χ1v) is 7.46. The average Bonchev–Trinajstić information content (AvgIpc) is 2.31. The fourth-order valence-electron chi connectivity index (χ4n) is 3.07. The lowest BCUT2D eigenvalue weighted by atomic mass is 9.75. The molecule has 106 valence electrons. The van der Waals surface area contributed by atoms with Crippen LogP contribution >= 0.6 is 11.6 Å². The van der Waals surface area contributed by atoms with E-state index < -0.39 is 0 Å². The highest BCUT2D eigenvalue weighted by molar-refractivity contribution is 6.30. The molecule has 1 fully saturated rings. The quantitative estimate of drug-likeness (QED) is 0.814.